The third kappa shape index (κ3) is 2.88. The Morgan fingerprint density at radius 3 is 2.21 bits per heavy atom. The molecule has 0 saturated carbocycles. The number of imidazole rings is 1. The second-order valence-corrected chi connectivity index (χ2v) is 6.34. The Labute approximate surface area is 148 Å². The molecule has 2 aromatic heterocycles. The first-order chi connectivity index (χ1) is 11.8. The number of benzene rings is 2. The number of H-pyrrole nitrogens is 1. The van der Waals surface area contributed by atoms with Crippen molar-refractivity contribution in [2.75, 3.05) is 0 Å². The lowest BCUT2D eigenvalue weighted by atomic mass is 10.1. The van der Waals surface area contributed by atoms with Gasteiger partial charge in [0.2, 0.25) is 0 Å². The third-order valence-electron chi connectivity index (χ3n) is 3.82. The molecule has 24 heavy (non-hydrogen) atoms. The Morgan fingerprint density at radius 2 is 1.50 bits per heavy atom. The molecule has 0 unspecified atom stereocenters. The monoisotopic (exact) mass is 375 g/mol. The topological polar surface area (TPSA) is 41.6 Å². The lowest BCUT2D eigenvalue weighted by Gasteiger charge is -2.03. The summed E-state index contributed by atoms with van der Waals surface area (Å²) in [6, 6.07) is 22.4. The van der Waals surface area contributed by atoms with Crippen LogP contribution >= 0.6 is 15.9 Å². The van der Waals surface area contributed by atoms with Crippen LogP contribution in [0.5, 0.6) is 0 Å². The molecule has 0 bridgehead atoms. The summed E-state index contributed by atoms with van der Waals surface area (Å²) >= 11 is 3.49. The average Bonchev–Trinajstić information content (AvgIpc) is 3.09. The molecule has 0 amide bonds. The SMILES string of the molecule is Brc1ccc(-c2[nH]c(-c3cccnc3)nc2-c2ccccc2)cc1. The molecule has 4 aromatic rings. The largest absolute Gasteiger partial charge is 0.337 e. The van der Waals surface area contributed by atoms with Crippen LogP contribution in [0.2, 0.25) is 0 Å². The minimum Gasteiger partial charge on any atom is -0.337 e. The van der Waals surface area contributed by atoms with Crippen molar-refractivity contribution in [2.45, 2.75) is 0 Å². The molecule has 4 heteroatoms. The molecule has 2 heterocycles. The molecule has 0 atom stereocenters. The normalized spacial score (nSPS) is 10.7. The maximum absolute atomic E-state index is 4.84. The Hall–Kier alpha value is -2.72. The average molecular weight is 376 g/mol. The summed E-state index contributed by atoms with van der Waals surface area (Å²) in [5, 5.41) is 0. The van der Waals surface area contributed by atoms with Crippen molar-refractivity contribution < 1.29 is 0 Å². The quantitative estimate of drug-likeness (QED) is 0.508. The van der Waals surface area contributed by atoms with Gasteiger partial charge in [0.05, 0.1) is 11.4 Å². The van der Waals surface area contributed by atoms with Gasteiger partial charge in [-0.2, -0.15) is 0 Å². The number of pyridine rings is 1. The Morgan fingerprint density at radius 1 is 0.750 bits per heavy atom. The third-order valence-corrected chi connectivity index (χ3v) is 4.35. The van der Waals surface area contributed by atoms with Gasteiger partial charge in [-0.1, -0.05) is 58.4 Å². The van der Waals surface area contributed by atoms with Crippen molar-refractivity contribution in [2.24, 2.45) is 0 Å². The molecule has 0 aliphatic heterocycles. The van der Waals surface area contributed by atoms with Crippen LogP contribution in [-0.4, -0.2) is 15.0 Å². The minimum atomic E-state index is 0.819. The lowest BCUT2D eigenvalue weighted by molar-refractivity contribution is 1.26. The molecule has 3 nitrogen and oxygen atoms in total. The van der Waals surface area contributed by atoms with Crippen LogP contribution in [0.4, 0.5) is 0 Å². The zero-order chi connectivity index (χ0) is 16.4. The molecule has 4 rings (SSSR count). The number of nitrogens with zero attached hydrogens (tertiary/aromatic N) is 2. The van der Waals surface area contributed by atoms with Gasteiger partial charge < -0.3 is 4.98 Å². The minimum absolute atomic E-state index is 0.819. The van der Waals surface area contributed by atoms with Crippen molar-refractivity contribution in [1.29, 1.82) is 0 Å². The second kappa shape index (κ2) is 6.42. The van der Waals surface area contributed by atoms with E-state index in [0.29, 0.717) is 0 Å². The maximum atomic E-state index is 4.84. The van der Waals surface area contributed by atoms with Crippen LogP contribution in [0.25, 0.3) is 33.9 Å². The highest BCUT2D eigenvalue weighted by Crippen LogP contribution is 2.33. The first-order valence-electron chi connectivity index (χ1n) is 7.63. The van der Waals surface area contributed by atoms with E-state index < -0.39 is 0 Å². The van der Waals surface area contributed by atoms with Gasteiger partial charge >= 0.3 is 0 Å². The van der Waals surface area contributed by atoms with E-state index >= 15 is 0 Å². The molecular formula is C20H14BrN3. The Bertz CT molecular complexity index is 945. The van der Waals surface area contributed by atoms with Crippen LogP contribution in [0.3, 0.4) is 0 Å². The van der Waals surface area contributed by atoms with Gasteiger partial charge in [-0.15, -0.1) is 0 Å². The van der Waals surface area contributed by atoms with E-state index in [4.69, 9.17) is 4.98 Å². The van der Waals surface area contributed by atoms with Gasteiger partial charge in [0, 0.05) is 33.6 Å². The molecule has 0 saturated heterocycles. The summed E-state index contributed by atoms with van der Waals surface area (Å²) in [5.74, 6) is 0.819. The highest BCUT2D eigenvalue weighted by molar-refractivity contribution is 9.10. The van der Waals surface area contributed by atoms with Crippen LogP contribution in [-0.2, 0) is 0 Å². The maximum Gasteiger partial charge on any atom is 0.140 e. The van der Waals surface area contributed by atoms with Crippen LogP contribution in [0.1, 0.15) is 0 Å². The summed E-state index contributed by atoms with van der Waals surface area (Å²) in [6.45, 7) is 0. The lowest BCUT2D eigenvalue weighted by Crippen LogP contribution is -1.83. The molecule has 116 valence electrons. The highest BCUT2D eigenvalue weighted by atomic mass is 79.9. The zero-order valence-corrected chi connectivity index (χ0v) is 14.4. The Kier molecular flexibility index (Phi) is 3.97. The van der Waals surface area contributed by atoms with Gasteiger partial charge in [0.1, 0.15) is 5.82 Å². The fraction of sp³-hybridized carbons (Fsp3) is 0. The first kappa shape index (κ1) is 14.8. The van der Waals surface area contributed by atoms with E-state index in [2.05, 4.69) is 50.2 Å². The van der Waals surface area contributed by atoms with Crippen LogP contribution < -0.4 is 0 Å². The zero-order valence-electron chi connectivity index (χ0n) is 12.8. The standard InChI is InChI=1S/C20H14BrN3/c21-17-10-8-15(9-11-17)19-18(14-5-2-1-3-6-14)23-20(24-19)16-7-4-12-22-13-16/h1-13H,(H,23,24). The van der Waals surface area contributed by atoms with E-state index in [-0.39, 0.29) is 0 Å². The van der Waals surface area contributed by atoms with Gasteiger partial charge in [0.15, 0.2) is 0 Å². The number of aromatic amines is 1. The smallest absolute Gasteiger partial charge is 0.140 e. The number of halogens is 1. The van der Waals surface area contributed by atoms with E-state index in [1.54, 1.807) is 6.20 Å². The summed E-state index contributed by atoms with van der Waals surface area (Å²) < 4.78 is 1.06. The molecule has 0 spiro atoms. The predicted molar refractivity (Wildman–Crippen MR) is 100 cm³/mol. The molecule has 0 aliphatic rings. The molecule has 0 aliphatic carbocycles. The van der Waals surface area contributed by atoms with Crippen molar-refractivity contribution in [3.63, 3.8) is 0 Å². The fourth-order valence-electron chi connectivity index (χ4n) is 2.64. The van der Waals surface area contributed by atoms with Crippen molar-refractivity contribution in [3.05, 3.63) is 83.6 Å². The van der Waals surface area contributed by atoms with Crippen molar-refractivity contribution in [3.8, 4) is 33.9 Å². The number of hydrogen-bond donors (Lipinski definition) is 1. The predicted octanol–water partition coefficient (Wildman–Crippen LogP) is 5.57. The van der Waals surface area contributed by atoms with Gasteiger partial charge in [-0.05, 0) is 24.3 Å². The van der Waals surface area contributed by atoms with E-state index in [9.17, 15) is 0 Å². The highest BCUT2D eigenvalue weighted by Gasteiger charge is 2.15. The first-order valence-corrected chi connectivity index (χ1v) is 8.42. The number of aromatic nitrogens is 3. The molecular weight excluding hydrogens is 362 g/mol. The van der Waals surface area contributed by atoms with E-state index in [1.165, 1.54) is 0 Å². The van der Waals surface area contributed by atoms with Gasteiger partial charge in [-0.3, -0.25) is 4.98 Å². The summed E-state index contributed by atoms with van der Waals surface area (Å²) in [5.41, 5.74) is 5.10. The second-order valence-electron chi connectivity index (χ2n) is 5.42. The molecule has 0 radical (unpaired) electrons. The van der Waals surface area contributed by atoms with Crippen molar-refractivity contribution >= 4 is 15.9 Å². The summed E-state index contributed by atoms with van der Waals surface area (Å²) in [6.07, 6.45) is 3.58. The van der Waals surface area contributed by atoms with Crippen molar-refractivity contribution in [1.82, 2.24) is 15.0 Å². The fourth-order valence-corrected chi connectivity index (χ4v) is 2.91. The van der Waals surface area contributed by atoms with Gasteiger partial charge in [0.25, 0.3) is 0 Å². The summed E-state index contributed by atoms with van der Waals surface area (Å²) in [4.78, 5) is 12.5. The van der Waals surface area contributed by atoms with E-state index in [1.807, 2.05) is 48.7 Å². The molecule has 0 fully saturated rings. The number of nitrogens with one attached hydrogen (secondary N) is 1. The van der Waals surface area contributed by atoms with Crippen LogP contribution in [0.15, 0.2) is 83.6 Å². The van der Waals surface area contributed by atoms with Crippen LogP contribution in [0, 0.1) is 0 Å². The van der Waals surface area contributed by atoms with Gasteiger partial charge in [-0.25, -0.2) is 4.98 Å². The molecule has 2 aromatic carbocycles. The molecule has 1 N–H and O–H groups in total. The Balaban J connectivity index is 1.90. The number of rotatable bonds is 3. The number of hydrogen-bond acceptors (Lipinski definition) is 2. The summed E-state index contributed by atoms with van der Waals surface area (Å²) in [7, 11) is 0. The van der Waals surface area contributed by atoms with E-state index in [0.717, 1.165) is 38.4 Å².